The molecule has 0 unspecified atom stereocenters. The number of fused-ring (bicyclic) bond motifs is 2. The highest BCUT2D eigenvalue weighted by atomic mass is 16.5. The van der Waals surface area contributed by atoms with E-state index in [4.69, 9.17) is 18.3 Å². The zero-order valence-corrected chi connectivity index (χ0v) is 19.4. The summed E-state index contributed by atoms with van der Waals surface area (Å²) in [5.41, 5.74) is 4.14. The van der Waals surface area contributed by atoms with Crippen molar-refractivity contribution in [2.45, 2.75) is 13.2 Å². The Balaban J connectivity index is 1.29. The molecule has 3 aromatic heterocycles. The van der Waals surface area contributed by atoms with E-state index in [0.29, 0.717) is 29.2 Å². The lowest BCUT2D eigenvalue weighted by molar-refractivity contribution is 0.300. The van der Waals surface area contributed by atoms with Crippen molar-refractivity contribution in [1.82, 2.24) is 15.0 Å². The van der Waals surface area contributed by atoms with Crippen LogP contribution in [-0.4, -0.2) is 22.1 Å². The molecule has 6 rings (SSSR count). The Kier molecular flexibility index (Phi) is 5.46. The second-order valence-electron chi connectivity index (χ2n) is 8.32. The lowest BCUT2D eigenvalue weighted by atomic mass is 10.0. The Morgan fingerprint density at radius 2 is 1.72 bits per heavy atom. The largest absolute Gasteiger partial charge is 0.497 e. The minimum Gasteiger partial charge on any atom is -0.497 e. The van der Waals surface area contributed by atoms with Gasteiger partial charge in [-0.1, -0.05) is 35.5 Å². The predicted molar refractivity (Wildman–Crippen MR) is 134 cm³/mol. The highest BCUT2D eigenvalue weighted by Gasteiger charge is 2.14. The van der Waals surface area contributed by atoms with Gasteiger partial charge in [-0.05, 0) is 41.5 Å². The zero-order valence-electron chi connectivity index (χ0n) is 19.4. The molecule has 178 valence electrons. The van der Waals surface area contributed by atoms with Crippen LogP contribution in [-0.2, 0) is 13.2 Å². The molecule has 8 nitrogen and oxygen atoms in total. The summed E-state index contributed by atoms with van der Waals surface area (Å²) in [4.78, 5) is 12.3. The highest BCUT2D eigenvalue weighted by molar-refractivity contribution is 6.02. The number of methoxy groups -OCH3 is 1. The quantitative estimate of drug-likeness (QED) is 0.282. The fourth-order valence-electron chi connectivity index (χ4n) is 4.21. The van der Waals surface area contributed by atoms with E-state index in [1.807, 2.05) is 60.7 Å². The molecule has 3 aromatic carbocycles. The summed E-state index contributed by atoms with van der Waals surface area (Å²) in [6.45, 7) is 0.613. The molecule has 0 N–H and O–H groups in total. The van der Waals surface area contributed by atoms with Crippen LogP contribution in [0.15, 0.2) is 98.9 Å². The monoisotopic (exact) mass is 479 g/mol. The third-order valence-corrected chi connectivity index (χ3v) is 5.97. The van der Waals surface area contributed by atoms with E-state index in [9.17, 15) is 4.79 Å². The van der Waals surface area contributed by atoms with Crippen molar-refractivity contribution >= 4 is 21.9 Å². The van der Waals surface area contributed by atoms with E-state index in [2.05, 4.69) is 10.3 Å². The molecule has 0 aliphatic rings. The fraction of sp³-hybridized carbons (Fsp3) is 0.107. The lowest BCUT2D eigenvalue weighted by Crippen LogP contribution is -2.06. The Labute approximate surface area is 205 Å². The van der Waals surface area contributed by atoms with Gasteiger partial charge in [0.2, 0.25) is 0 Å². The van der Waals surface area contributed by atoms with Crippen LogP contribution in [0.2, 0.25) is 0 Å². The highest BCUT2D eigenvalue weighted by Crippen LogP contribution is 2.34. The Morgan fingerprint density at radius 1 is 0.917 bits per heavy atom. The van der Waals surface area contributed by atoms with E-state index < -0.39 is 5.63 Å². The molecule has 6 aromatic rings. The van der Waals surface area contributed by atoms with Crippen LogP contribution in [0.3, 0.4) is 0 Å². The van der Waals surface area contributed by atoms with Crippen molar-refractivity contribution in [3.8, 4) is 22.6 Å². The Bertz CT molecular complexity index is 1720. The molecule has 0 aliphatic heterocycles. The molecule has 0 spiro atoms. The molecule has 0 saturated heterocycles. The summed E-state index contributed by atoms with van der Waals surface area (Å²) in [6.07, 6.45) is 3.53. The van der Waals surface area contributed by atoms with Gasteiger partial charge in [-0.15, -0.1) is 5.10 Å². The first-order chi connectivity index (χ1) is 17.7. The Morgan fingerprint density at radius 3 is 2.53 bits per heavy atom. The van der Waals surface area contributed by atoms with Gasteiger partial charge in [0.05, 0.1) is 26.1 Å². The first kappa shape index (κ1) is 21.7. The van der Waals surface area contributed by atoms with Crippen molar-refractivity contribution in [2.75, 3.05) is 7.11 Å². The van der Waals surface area contributed by atoms with Gasteiger partial charge in [0.15, 0.2) is 0 Å². The average Bonchev–Trinajstić information content (AvgIpc) is 3.53. The van der Waals surface area contributed by atoms with Gasteiger partial charge < -0.3 is 18.3 Å². The number of nitrogens with zero attached hydrogens (tertiary/aromatic N) is 3. The van der Waals surface area contributed by atoms with Gasteiger partial charge in [0, 0.05) is 28.5 Å². The summed E-state index contributed by atoms with van der Waals surface area (Å²) in [7, 11) is 1.62. The van der Waals surface area contributed by atoms with Gasteiger partial charge in [-0.3, -0.25) is 0 Å². The molecule has 0 fully saturated rings. The summed E-state index contributed by atoms with van der Waals surface area (Å²) in [5.74, 6) is 1.46. The van der Waals surface area contributed by atoms with Crippen molar-refractivity contribution in [2.24, 2.45) is 0 Å². The number of benzene rings is 3. The third-order valence-electron chi connectivity index (χ3n) is 5.97. The molecule has 0 saturated carbocycles. The fourth-order valence-corrected chi connectivity index (χ4v) is 4.21. The van der Waals surface area contributed by atoms with Crippen LogP contribution >= 0.6 is 0 Å². The van der Waals surface area contributed by atoms with Crippen LogP contribution in [0.1, 0.15) is 11.3 Å². The lowest BCUT2D eigenvalue weighted by Gasteiger charge is -2.06. The van der Waals surface area contributed by atoms with E-state index in [-0.39, 0.29) is 6.61 Å². The molecule has 8 heteroatoms. The van der Waals surface area contributed by atoms with Crippen LogP contribution in [0, 0.1) is 0 Å². The Hall–Kier alpha value is -4.85. The van der Waals surface area contributed by atoms with Crippen molar-refractivity contribution in [1.29, 1.82) is 0 Å². The molecule has 0 amide bonds. The number of ether oxygens (including phenoxy) is 2. The number of hydrogen-bond donors (Lipinski definition) is 0. The van der Waals surface area contributed by atoms with Crippen molar-refractivity contribution < 1.29 is 18.3 Å². The smallest absolute Gasteiger partial charge is 0.336 e. The van der Waals surface area contributed by atoms with Gasteiger partial charge in [-0.25, -0.2) is 9.48 Å². The summed E-state index contributed by atoms with van der Waals surface area (Å²) >= 11 is 0. The normalized spacial score (nSPS) is 11.2. The summed E-state index contributed by atoms with van der Waals surface area (Å²) in [5, 5.41) is 10.2. The molecule has 0 radical (unpaired) electrons. The van der Waals surface area contributed by atoms with Crippen molar-refractivity contribution in [3.63, 3.8) is 0 Å². The average molecular weight is 479 g/mol. The predicted octanol–water partition coefficient (Wildman–Crippen LogP) is 5.43. The third kappa shape index (κ3) is 4.20. The maximum absolute atomic E-state index is 12.3. The van der Waals surface area contributed by atoms with Crippen LogP contribution in [0.25, 0.3) is 33.1 Å². The zero-order chi connectivity index (χ0) is 24.5. The maximum atomic E-state index is 12.3. The van der Waals surface area contributed by atoms with E-state index in [0.717, 1.165) is 33.2 Å². The van der Waals surface area contributed by atoms with Gasteiger partial charge in [0.25, 0.3) is 0 Å². The van der Waals surface area contributed by atoms with Crippen molar-refractivity contribution in [3.05, 3.63) is 107 Å². The number of aromatic nitrogens is 3. The van der Waals surface area contributed by atoms with Gasteiger partial charge in [0.1, 0.15) is 35.0 Å². The molecule has 0 bridgehead atoms. The summed E-state index contributed by atoms with van der Waals surface area (Å²) in [6, 6.07) is 22.6. The number of furan rings is 1. The van der Waals surface area contributed by atoms with E-state index in [1.165, 1.54) is 6.07 Å². The minimum absolute atomic E-state index is 0.264. The first-order valence-corrected chi connectivity index (χ1v) is 11.4. The molecule has 0 atom stereocenters. The maximum Gasteiger partial charge on any atom is 0.336 e. The summed E-state index contributed by atoms with van der Waals surface area (Å²) < 4.78 is 23.9. The molecule has 0 aliphatic carbocycles. The molecule has 36 heavy (non-hydrogen) atoms. The standard InChI is InChI=1S/C28H21N3O5/c1-33-21-7-9-22(10-8-21)34-16-20-15-31(30-29-20)14-19-11-28(32)36-27-13-26-24(12-23(19)27)25(17-35-26)18-5-3-2-4-6-18/h2-13,15,17H,14,16H2,1H3. The second kappa shape index (κ2) is 9.07. The molecule has 3 heterocycles. The van der Waals surface area contributed by atoms with Gasteiger partial charge in [-0.2, -0.15) is 0 Å². The molecular formula is C28H21N3O5. The SMILES string of the molecule is COc1ccc(OCc2cn(Cc3cc(=O)oc4cc5occ(-c6ccccc6)c5cc34)nn2)cc1. The van der Waals surface area contributed by atoms with Crippen LogP contribution in [0.5, 0.6) is 11.5 Å². The van der Waals surface area contributed by atoms with E-state index in [1.54, 1.807) is 30.3 Å². The van der Waals surface area contributed by atoms with Crippen LogP contribution < -0.4 is 15.1 Å². The van der Waals surface area contributed by atoms with E-state index >= 15 is 0 Å². The number of hydrogen-bond acceptors (Lipinski definition) is 7. The van der Waals surface area contributed by atoms with Crippen LogP contribution in [0.4, 0.5) is 0 Å². The minimum atomic E-state index is -0.435. The number of rotatable bonds is 7. The van der Waals surface area contributed by atoms with Gasteiger partial charge >= 0.3 is 5.63 Å². The first-order valence-electron chi connectivity index (χ1n) is 11.4. The topological polar surface area (TPSA) is 92.5 Å². The second-order valence-corrected chi connectivity index (χ2v) is 8.32. The molecular weight excluding hydrogens is 458 g/mol.